The molecule has 5 nitrogen and oxygen atoms in total. The van der Waals surface area contributed by atoms with E-state index in [1.54, 1.807) is 18.7 Å². The number of hydrogen-bond donors (Lipinski definition) is 1. The van der Waals surface area contributed by atoms with Crippen LogP contribution in [0.15, 0.2) is 42.5 Å². The Balaban J connectivity index is 1.68. The van der Waals surface area contributed by atoms with Gasteiger partial charge in [0.2, 0.25) is 5.91 Å². The van der Waals surface area contributed by atoms with Crippen molar-refractivity contribution in [2.45, 2.75) is 19.9 Å². The third-order valence-corrected chi connectivity index (χ3v) is 5.51. The van der Waals surface area contributed by atoms with Crippen LogP contribution in [-0.4, -0.2) is 48.9 Å². The van der Waals surface area contributed by atoms with E-state index in [1.807, 2.05) is 24.3 Å². The number of amides is 2. The van der Waals surface area contributed by atoms with E-state index in [0.29, 0.717) is 31.2 Å². The number of nitrogens with zero attached hydrogens (tertiary/aromatic N) is 2. The number of nitrogens with one attached hydrogen (secondary N) is 1. The van der Waals surface area contributed by atoms with Crippen molar-refractivity contribution in [1.82, 2.24) is 10.2 Å². The molecule has 1 aliphatic heterocycles. The fourth-order valence-electron chi connectivity index (χ4n) is 3.51. The van der Waals surface area contributed by atoms with Crippen LogP contribution in [0.3, 0.4) is 0 Å². The molecule has 0 spiro atoms. The molecule has 1 N–H and O–H groups in total. The first-order chi connectivity index (χ1) is 14.3. The molecule has 0 radical (unpaired) electrons. The number of halogens is 3. The number of piperazine rings is 1. The predicted octanol–water partition coefficient (Wildman–Crippen LogP) is 3.72. The minimum atomic E-state index is -0.962. The lowest BCUT2D eigenvalue weighted by atomic mass is 10.0. The summed E-state index contributed by atoms with van der Waals surface area (Å²) in [6, 6.07) is 9.84. The smallest absolute Gasteiger partial charge is 0.257 e. The van der Waals surface area contributed by atoms with Crippen molar-refractivity contribution in [3.05, 3.63) is 64.7 Å². The van der Waals surface area contributed by atoms with Gasteiger partial charge in [0.25, 0.3) is 5.91 Å². The normalized spacial score (nSPS) is 15.3. The van der Waals surface area contributed by atoms with Gasteiger partial charge in [-0.3, -0.25) is 9.59 Å². The quantitative estimate of drug-likeness (QED) is 0.778. The first kappa shape index (κ1) is 22.0. The second-order valence-electron chi connectivity index (χ2n) is 7.56. The van der Waals surface area contributed by atoms with Gasteiger partial charge < -0.3 is 15.1 Å². The lowest BCUT2D eigenvalue weighted by molar-refractivity contribution is -0.134. The van der Waals surface area contributed by atoms with Gasteiger partial charge in [0.05, 0.1) is 10.7 Å². The summed E-state index contributed by atoms with van der Waals surface area (Å²) in [5.41, 5.74) is 0.231. The second-order valence-corrected chi connectivity index (χ2v) is 7.96. The van der Waals surface area contributed by atoms with Crippen molar-refractivity contribution in [3.8, 4) is 0 Å². The van der Waals surface area contributed by atoms with E-state index in [-0.39, 0.29) is 11.8 Å². The van der Waals surface area contributed by atoms with Gasteiger partial charge in [-0.15, -0.1) is 0 Å². The Morgan fingerprint density at radius 1 is 0.967 bits per heavy atom. The first-order valence-electron chi connectivity index (χ1n) is 9.82. The van der Waals surface area contributed by atoms with Crippen LogP contribution in [0, 0.1) is 17.6 Å². The van der Waals surface area contributed by atoms with Crippen molar-refractivity contribution in [2.75, 3.05) is 31.1 Å². The highest BCUT2D eigenvalue weighted by Crippen LogP contribution is 2.26. The lowest BCUT2D eigenvalue weighted by Gasteiger charge is -2.38. The number of anilines is 1. The maximum absolute atomic E-state index is 13.9. The number of benzene rings is 2. The standard InChI is InChI=1S/C22H24ClF2N3O2/c1-14(2)20(26-21(29)19-16(24)7-5-8-17(19)25)22(30)28-12-10-27(11-13-28)18-9-4-3-6-15(18)23/h3-9,14,20H,10-13H2,1-2H3,(H,26,29)/t20-/m1/s1. The van der Waals surface area contributed by atoms with Crippen LogP contribution < -0.4 is 10.2 Å². The molecule has 160 valence electrons. The molecule has 1 aliphatic rings. The van der Waals surface area contributed by atoms with Gasteiger partial charge in [0.1, 0.15) is 23.2 Å². The Kier molecular flexibility index (Phi) is 6.92. The molecule has 0 aliphatic carbocycles. The largest absolute Gasteiger partial charge is 0.367 e. The number of carbonyl (C=O) groups is 2. The van der Waals surface area contributed by atoms with E-state index in [0.717, 1.165) is 17.8 Å². The van der Waals surface area contributed by atoms with Crippen LogP contribution in [0.25, 0.3) is 0 Å². The van der Waals surface area contributed by atoms with Crippen molar-refractivity contribution in [1.29, 1.82) is 0 Å². The molecule has 1 fully saturated rings. The number of para-hydroxylation sites is 1. The summed E-state index contributed by atoms with van der Waals surface area (Å²) in [7, 11) is 0. The van der Waals surface area contributed by atoms with E-state index in [9.17, 15) is 18.4 Å². The predicted molar refractivity (Wildman–Crippen MR) is 113 cm³/mol. The van der Waals surface area contributed by atoms with Crippen LogP contribution in [0.4, 0.5) is 14.5 Å². The molecule has 0 aromatic heterocycles. The minimum Gasteiger partial charge on any atom is -0.367 e. The van der Waals surface area contributed by atoms with E-state index in [2.05, 4.69) is 10.2 Å². The van der Waals surface area contributed by atoms with Crippen molar-refractivity contribution in [2.24, 2.45) is 5.92 Å². The molecule has 0 unspecified atom stereocenters. The molecular weight excluding hydrogens is 412 g/mol. The van der Waals surface area contributed by atoms with E-state index in [4.69, 9.17) is 11.6 Å². The summed E-state index contributed by atoms with van der Waals surface area (Å²) in [5, 5.41) is 3.17. The Hall–Kier alpha value is -2.67. The average Bonchev–Trinajstić information content (AvgIpc) is 2.72. The van der Waals surface area contributed by atoms with Crippen LogP contribution in [0.5, 0.6) is 0 Å². The molecular formula is C22H24ClF2N3O2. The minimum absolute atomic E-state index is 0.252. The molecule has 8 heteroatoms. The van der Waals surface area contributed by atoms with E-state index in [1.165, 1.54) is 6.07 Å². The summed E-state index contributed by atoms with van der Waals surface area (Å²) in [4.78, 5) is 29.3. The second kappa shape index (κ2) is 9.43. The highest BCUT2D eigenvalue weighted by molar-refractivity contribution is 6.33. The maximum atomic E-state index is 13.9. The van der Waals surface area contributed by atoms with Crippen molar-refractivity contribution >= 4 is 29.1 Å². The van der Waals surface area contributed by atoms with Crippen LogP contribution >= 0.6 is 11.6 Å². The first-order valence-corrected chi connectivity index (χ1v) is 10.2. The Bertz CT molecular complexity index is 910. The van der Waals surface area contributed by atoms with Crippen LogP contribution in [0.2, 0.25) is 5.02 Å². The molecule has 1 heterocycles. The third-order valence-electron chi connectivity index (χ3n) is 5.19. The zero-order chi connectivity index (χ0) is 21.8. The fourth-order valence-corrected chi connectivity index (χ4v) is 3.77. The van der Waals surface area contributed by atoms with Gasteiger partial charge in [-0.25, -0.2) is 8.78 Å². The number of hydrogen-bond acceptors (Lipinski definition) is 3. The van der Waals surface area contributed by atoms with Crippen LogP contribution in [0.1, 0.15) is 24.2 Å². The average molecular weight is 436 g/mol. The molecule has 2 aromatic carbocycles. The molecule has 1 atom stereocenters. The molecule has 3 rings (SSSR count). The Morgan fingerprint density at radius 3 is 2.13 bits per heavy atom. The van der Waals surface area contributed by atoms with Crippen molar-refractivity contribution < 1.29 is 18.4 Å². The lowest BCUT2D eigenvalue weighted by Crippen LogP contribution is -2.56. The summed E-state index contributed by atoms with van der Waals surface area (Å²) < 4.78 is 27.9. The molecule has 30 heavy (non-hydrogen) atoms. The van der Waals surface area contributed by atoms with Gasteiger partial charge in [-0.2, -0.15) is 0 Å². The highest BCUT2D eigenvalue weighted by Gasteiger charge is 2.32. The summed E-state index contributed by atoms with van der Waals surface area (Å²) in [6.07, 6.45) is 0. The molecule has 2 aromatic rings. The fraction of sp³-hybridized carbons (Fsp3) is 0.364. The zero-order valence-electron chi connectivity index (χ0n) is 16.9. The monoisotopic (exact) mass is 435 g/mol. The van der Waals surface area contributed by atoms with Crippen LogP contribution in [-0.2, 0) is 4.79 Å². The van der Waals surface area contributed by atoms with E-state index < -0.39 is 29.1 Å². The summed E-state index contributed by atoms with van der Waals surface area (Å²) in [6.45, 7) is 5.65. The number of rotatable bonds is 5. The van der Waals surface area contributed by atoms with Gasteiger partial charge in [-0.1, -0.05) is 43.6 Å². The molecule has 0 saturated carbocycles. The van der Waals surface area contributed by atoms with Gasteiger partial charge in [0, 0.05) is 26.2 Å². The zero-order valence-corrected chi connectivity index (χ0v) is 17.6. The van der Waals surface area contributed by atoms with Crippen molar-refractivity contribution in [3.63, 3.8) is 0 Å². The Labute approximate surface area is 179 Å². The van der Waals surface area contributed by atoms with Gasteiger partial charge in [0.15, 0.2) is 0 Å². The van der Waals surface area contributed by atoms with Gasteiger partial charge in [-0.05, 0) is 30.2 Å². The highest BCUT2D eigenvalue weighted by atomic mass is 35.5. The SMILES string of the molecule is CC(C)[C@@H](NC(=O)c1c(F)cccc1F)C(=O)N1CCN(c2ccccc2Cl)CC1. The van der Waals surface area contributed by atoms with Gasteiger partial charge >= 0.3 is 0 Å². The molecule has 1 saturated heterocycles. The third kappa shape index (κ3) is 4.73. The Morgan fingerprint density at radius 2 is 1.57 bits per heavy atom. The molecule has 2 amide bonds. The number of carbonyl (C=O) groups excluding carboxylic acids is 2. The maximum Gasteiger partial charge on any atom is 0.257 e. The summed E-state index contributed by atoms with van der Waals surface area (Å²) >= 11 is 6.26. The van der Waals surface area contributed by atoms with E-state index >= 15 is 0 Å². The topological polar surface area (TPSA) is 52.7 Å². The summed E-state index contributed by atoms with van der Waals surface area (Å²) in [5.74, 6) is -3.38. The molecule has 0 bridgehead atoms.